The van der Waals surface area contributed by atoms with Crippen molar-refractivity contribution in [1.29, 1.82) is 0 Å². The van der Waals surface area contributed by atoms with Crippen LogP contribution in [0.25, 0.3) is 11.3 Å². The Hall–Kier alpha value is -1.52. The van der Waals surface area contributed by atoms with Gasteiger partial charge in [0.2, 0.25) is 0 Å². The van der Waals surface area contributed by atoms with E-state index in [2.05, 4.69) is 9.71 Å². The van der Waals surface area contributed by atoms with Gasteiger partial charge in [-0.3, -0.25) is 14.5 Å². The number of hydrogen-bond donors (Lipinski definition) is 1. The molecule has 0 radical (unpaired) electrons. The molecule has 0 aliphatic carbocycles. The molecule has 5 heteroatoms. The van der Waals surface area contributed by atoms with Crippen LogP contribution in [0.4, 0.5) is 0 Å². The molecule has 1 heterocycles. The van der Waals surface area contributed by atoms with Crippen LogP contribution in [0.5, 0.6) is 0 Å². The first-order valence-electron chi connectivity index (χ1n) is 7.27. The molecule has 1 aromatic heterocycles. The zero-order valence-corrected chi connectivity index (χ0v) is 14.9. The van der Waals surface area contributed by atoms with Gasteiger partial charge in [-0.15, -0.1) is 0 Å². The summed E-state index contributed by atoms with van der Waals surface area (Å²) in [5, 5.41) is 0.586. The zero-order chi connectivity index (χ0) is 16.5. The fourth-order valence-corrected chi connectivity index (χ4v) is 2.36. The lowest BCUT2D eigenvalue weighted by molar-refractivity contribution is 0.0984. The summed E-state index contributed by atoms with van der Waals surface area (Å²) >= 11 is 7.59. The van der Waals surface area contributed by atoms with Gasteiger partial charge in [0, 0.05) is 22.6 Å². The van der Waals surface area contributed by atoms with Gasteiger partial charge in [-0.05, 0) is 37.3 Å². The molecule has 0 saturated carbocycles. The second-order valence-electron chi connectivity index (χ2n) is 4.22. The number of pyridine rings is 1. The van der Waals surface area contributed by atoms with E-state index >= 15 is 0 Å². The van der Waals surface area contributed by atoms with E-state index in [0.717, 1.165) is 22.7 Å². The van der Waals surface area contributed by atoms with Crippen molar-refractivity contribution in [1.82, 2.24) is 9.71 Å². The van der Waals surface area contributed by atoms with E-state index in [1.165, 1.54) is 11.9 Å². The van der Waals surface area contributed by atoms with Crippen molar-refractivity contribution in [2.24, 2.45) is 0 Å². The monoisotopic (exact) mass is 336 g/mol. The quantitative estimate of drug-likeness (QED) is 0.786. The molecule has 0 saturated heterocycles. The number of rotatable bonds is 4. The van der Waals surface area contributed by atoms with E-state index < -0.39 is 0 Å². The molecular formula is C17H21ClN2OS. The Bertz CT molecular complexity index is 632. The van der Waals surface area contributed by atoms with Crippen molar-refractivity contribution in [2.45, 2.75) is 27.7 Å². The molecule has 0 atom stereocenters. The summed E-state index contributed by atoms with van der Waals surface area (Å²) in [5.41, 5.74) is 3.03. The molecule has 1 amide bonds. The van der Waals surface area contributed by atoms with Crippen LogP contribution in [0.15, 0.2) is 36.4 Å². The van der Waals surface area contributed by atoms with Gasteiger partial charge < -0.3 is 0 Å². The van der Waals surface area contributed by atoms with Crippen LogP contribution >= 0.6 is 23.5 Å². The van der Waals surface area contributed by atoms with E-state index in [9.17, 15) is 4.79 Å². The molecular weight excluding hydrogens is 316 g/mol. The van der Waals surface area contributed by atoms with Gasteiger partial charge >= 0.3 is 0 Å². The zero-order valence-electron chi connectivity index (χ0n) is 13.3. The van der Waals surface area contributed by atoms with Crippen LogP contribution in [0.2, 0.25) is 5.02 Å². The minimum Gasteiger partial charge on any atom is -0.296 e. The predicted octanol–water partition coefficient (Wildman–Crippen LogP) is 5.13. The number of hydrogen-bond acceptors (Lipinski definition) is 3. The van der Waals surface area contributed by atoms with E-state index in [4.69, 9.17) is 11.6 Å². The van der Waals surface area contributed by atoms with Crippen molar-refractivity contribution in [2.75, 3.05) is 5.75 Å². The number of nitrogens with zero attached hydrogens (tertiary/aromatic N) is 1. The highest BCUT2D eigenvalue weighted by atomic mass is 35.5. The molecule has 1 aromatic carbocycles. The van der Waals surface area contributed by atoms with Gasteiger partial charge in [0.05, 0.1) is 10.7 Å². The molecule has 0 spiro atoms. The van der Waals surface area contributed by atoms with Crippen LogP contribution in [-0.4, -0.2) is 16.6 Å². The molecule has 1 N–H and O–H groups in total. The maximum absolute atomic E-state index is 12.0. The summed E-state index contributed by atoms with van der Waals surface area (Å²) < 4.78 is 2.77. The smallest absolute Gasteiger partial charge is 0.261 e. The highest BCUT2D eigenvalue weighted by Gasteiger charge is 2.11. The van der Waals surface area contributed by atoms with E-state index in [1.807, 2.05) is 45.9 Å². The van der Waals surface area contributed by atoms with Crippen LogP contribution < -0.4 is 4.72 Å². The Morgan fingerprint density at radius 1 is 1.27 bits per heavy atom. The molecule has 3 nitrogen and oxygen atoms in total. The standard InChI is InChI=1S/C15H15ClN2OS.C2H6/c1-3-20-18-15(19)11-7-8-13(16)12(9-11)14-6-4-5-10(2)17-14;1-2/h4-9H,3H2,1-2H3,(H,18,19);1-2H3. The maximum Gasteiger partial charge on any atom is 0.261 e. The average Bonchev–Trinajstić information content (AvgIpc) is 2.55. The lowest BCUT2D eigenvalue weighted by Gasteiger charge is -2.08. The highest BCUT2D eigenvalue weighted by Crippen LogP contribution is 2.27. The predicted molar refractivity (Wildman–Crippen MR) is 96.4 cm³/mol. The lowest BCUT2D eigenvalue weighted by Crippen LogP contribution is -2.16. The van der Waals surface area contributed by atoms with Gasteiger partial charge in [0.25, 0.3) is 5.91 Å². The fraction of sp³-hybridized carbons (Fsp3) is 0.294. The third-order valence-corrected chi connectivity index (χ3v) is 3.65. The second-order valence-corrected chi connectivity index (χ2v) is 5.70. The van der Waals surface area contributed by atoms with Crippen molar-refractivity contribution in [3.8, 4) is 11.3 Å². The molecule has 0 unspecified atom stereocenters. The van der Waals surface area contributed by atoms with Crippen molar-refractivity contribution in [3.63, 3.8) is 0 Å². The SMILES string of the molecule is CC.CCSNC(=O)c1ccc(Cl)c(-c2cccc(C)n2)c1. The van der Waals surface area contributed by atoms with Crippen molar-refractivity contribution < 1.29 is 4.79 Å². The Labute approximate surface area is 141 Å². The molecule has 2 aromatic rings. The first-order chi connectivity index (χ1) is 10.6. The van der Waals surface area contributed by atoms with Gasteiger partial charge in [-0.2, -0.15) is 0 Å². The molecule has 22 heavy (non-hydrogen) atoms. The second kappa shape index (κ2) is 9.49. The first kappa shape index (κ1) is 18.5. The molecule has 0 fully saturated rings. The molecule has 2 rings (SSSR count). The topological polar surface area (TPSA) is 42.0 Å². The summed E-state index contributed by atoms with van der Waals surface area (Å²) in [7, 11) is 0. The van der Waals surface area contributed by atoms with E-state index in [0.29, 0.717) is 10.6 Å². The van der Waals surface area contributed by atoms with Gasteiger partial charge in [0.15, 0.2) is 0 Å². The molecule has 0 bridgehead atoms. The van der Waals surface area contributed by atoms with Crippen LogP contribution in [-0.2, 0) is 0 Å². The van der Waals surface area contributed by atoms with Gasteiger partial charge in [-0.1, -0.05) is 50.4 Å². The van der Waals surface area contributed by atoms with E-state index in [-0.39, 0.29) is 5.91 Å². The number of aryl methyl sites for hydroxylation is 1. The van der Waals surface area contributed by atoms with Crippen LogP contribution in [0, 0.1) is 6.92 Å². The summed E-state index contributed by atoms with van der Waals surface area (Å²) in [6.45, 7) is 7.90. The van der Waals surface area contributed by atoms with Gasteiger partial charge in [0.1, 0.15) is 0 Å². The Kier molecular flexibility index (Phi) is 7.99. The number of amides is 1. The van der Waals surface area contributed by atoms with Crippen LogP contribution in [0.1, 0.15) is 36.8 Å². The summed E-state index contributed by atoms with van der Waals surface area (Å²) in [5.74, 6) is 0.702. The number of carbonyl (C=O) groups is 1. The number of halogens is 1. The number of aromatic nitrogens is 1. The minimum absolute atomic E-state index is 0.123. The van der Waals surface area contributed by atoms with E-state index in [1.54, 1.807) is 18.2 Å². The van der Waals surface area contributed by atoms with Gasteiger partial charge in [-0.25, -0.2) is 0 Å². The molecule has 0 aliphatic heterocycles. The number of nitrogens with one attached hydrogen (secondary N) is 1. The maximum atomic E-state index is 12.0. The number of carbonyl (C=O) groups excluding carboxylic acids is 1. The summed E-state index contributed by atoms with van der Waals surface area (Å²) in [4.78, 5) is 16.4. The van der Waals surface area contributed by atoms with Crippen molar-refractivity contribution >= 4 is 29.5 Å². The normalized spacial score (nSPS) is 9.68. The Morgan fingerprint density at radius 2 is 2.00 bits per heavy atom. The fourth-order valence-electron chi connectivity index (χ4n) is 1.75. The first-order valence-corrected chi connectivity index (χ1v) is 8.64. The van der Waals surface area contributed by atoms with Crippen LogP contribution in [0.3, 0.4) is 0 Å². The third-order valence-electron chi connectivity index (χ3n) is 2.70. The third kappa shape index (κ3) is 5.04. The lowest BCUT2D eigenvalue weighted by atomic mass is 10.1. The summed E-state index contributed by atoms with van der Waals surface area (Å²) in [6, 6.07) is 10.9. The Balaban J connectivity index is 0.00000116. The molecule has 0 aliphatic rings. The Morgan fingerprint density at radius 3 is 2.64 bits per heavy atom. The number of benzene rings is 1. The summed E-state index contributed by atoms with van der Waals surface area (Å²) in [6.07, 6.45) is 0. The van der Waals surface area contributed by atoms with Crippen molar-refractivity contribution in [3.05, 3.63) is 52.7 Å². The largest absolute Gasteiger partial charge is 0.296 e. The minimum atomic E-state index is -0.123. The molecule has 118 valence electrons. The average molecular weight is 337 g/mol. The highest BCUT2D eigenvalue weighted by molar-refractivity contribution is 7.97.